The quantitative estimate of drug-likeness (QED) is 0.380. The number of ether oxygens (including phenoxy) is 2. The predicted molar refractivity (Wildman–Crippen MR) is 136 cm³/mol. The first-order chi connectivity index (χ1) is 15.8. The van der Waals surface area contributed by atoms with Gasteiger partial charge in [0.05, 0.1) is 30.0 Å². The van der Waals surface area contributed by atoms with Gasteiger partial charge in [0.15, 0.2) is 0 Å². The number of nitrogens with zero attached hydrogens (tertiary/aromatic N) is 1. The van der Waals surface area contributed by atoms with Crippen molar-refractivity contribution < 1.29 is 22.7 Å². The summed E-state index contributed by atoms with van der Waals surface area (Å²) in [6, 6.07) is 10.2. The Balaban J connectivity index is 2.23. The smallest absolute Gasteiger partial charge is 0.338 e. The number of aromatic nitrogens is 1. The Morgan fingerprint density at radius 1 is 1.12 bits per heavy atom. The topological polar surface area (TPSA) is 107 Å². The van der Waals surface area contributed by atoms with Crippen molar-refractivity contribution >= 4 is 54.2 Å². The highest BCUT2D eigenvalue weighted by atomic mass is 79.9. The molecule has 0 atom stereocenters. The minimum Gasteiger partial charge on any atom is -0.491 e. The number of esters is 1. The van der Waals surface area contributed by atoms with Crippen LogP contribution in [0.5, 0.6) is 5.75 Å². The van der Waals surface area contributed by atoms with Crippen molar-refractivity contribution in [3.05, 3.63) is 52.6 Å². The highest BCUT2D eigenvalue weighted by Crippen LogP contribution is 2.35. The lowest BCUT2D eigenvalue weighted by molar-refractivity contribution is 0.0600. The molecule has 10 heteroatoms. The van der Waals surface area contributed by atoms with Gasteiger partial charge in [0.1, 0.15) is 10.6 Å². The number of halogens is 1. The molecule has 1 aromatic heterocycles. The molecule has 0 amide bonds. The van der Waals surface area contributed by atoms with E-state index in [-0.39, 0.29) is 16.6 Å². The number of carbonyl (C=O) groups is 1. The maximum Gasteiger partial charge on any atom is 0.338 e. The number of hydrogen-bond donors (Lipinski definition) is 2. The zero-order valence-corrected chi connectivity index (χ0v) is 22.3. The molecule has 0 saturated heterocycles. The van der Waals surface area contributed by atoms with Crippen LogP contribution in [0.1, 0.15) is 45.0 Å². The second-order valence-electron chi connectivity index (χ2n) is 9.04. The van der Waals surface area contributed by atoms with Crippen molar-refractivity contribution in [2.45, 2.75) is 51.2 Å². The van der Waals surface area contributed by atoms with Gasteiger partial charge < -0.3 is 14.8 Å². The number of sulfonamides is 1. The lowest BCUT2D eigenvalue weighted by Gasteiger charge is -2.22. The van der Waals surface area contributed by atoms with E-state index in [4.69, 9.17) is 9.47 Å². The van der Waals surface area contributed by atoms with Crippen LogP contribution in [-0.2, 0) is 14.8 Å². The van der Waals surface area contributed by atoms with E-state index in [1.165, 1.54) is 13.3 Å². The minimum absolute atomic E-state index is 0.0213. The number of anilines is 2. The summed E-state index contributed by atoms with van der Waals surface area (Å²) in [5.74, 6) is -0.0956. The molecule has 1 heterocycles. The normalized spacial score (nSPS) is 12.1. The van der Waals surface area contributed by atoms with Crippen LogP contribution in [-0.4, -0.2) is 38.1 Å². The van der Waals surface area contributed by atoms with Crippen LogP contribution >= 0.6 is 15.9 Å². The Morgan fingerprint density at radius 3 is 2.44 bits per heavy atom. The van der Waals surface area contributed by atoms with E-state index in [2.05, 4.69) is 31.0 Å². The van der Waals surface area contributed by atoms with Gasteiger partial charge in [-0.05, 0) is 65.0 Å². The molecule has 8 nitrogen and oxygen atoms in total. The van der Waals surface area contributed by atoms with Gasteiger partial charge in [-0.2, -0.15) is 0 Å². The summed E-state index contributed by atoms with van der Waals surface area (Å²) < 4.78 is 40.8. The fourth-order valence-electron chi connectivity index (χ4n) is 3.33. The molecule has 0 radical (unpaired) electrons. The average molecular weight is 550 g/mol. The summed E-state index contributed by atoms with van der Waals surface area (Å²) in [4.78, 5) is 16.6. The first kappa shape index (κ1) is 25.9. The van der Waals surface area contributed by atoms with Crippen molar-refractivity contribution in [3.63, 3.8) is 0 Å². The van der Waals surface area contributed by atoms with Crippen LogP contribution < -0.4 is 14.8 Å². The monoisotopic (exact) mass is 549 g/mol. The largest absolute Gasteiger partial charge is 0.491 e. The van der Waals surface area contributed by atoms with Crippen molar-refractivity contribution in [2.24, 2.45) is 0 Å². The van der Waals surface area contributed by atoms with Gasteiger partial charge in [-0.15, -0.1) is 0 Å². The molecule has 0 spiro atoms. The lowest BCUT2D eigenvalue weighted by atomic mass is 10.1. The van der Waals surface area contributed by atoms with Crippen LogP contribution in [0.4, 0.5) is 11.4 Å². The number of nitrogens with one attached hydrogen (secondary N) is 2. The average Bonchev–Trinajstić information content (AvgIpc) is 2.70. The third-order valence-corrected chi connectivity index (χ3v) is 6.76. The molecule has 3 aromatic rings. The zero-order chi connectivity index (χ0) is 25.3. The second kappa shape index (κ2) is 9.89. The van der Waals surface area contributed by atoms with Gasteiger partial charge in [-0.1, -0.05) is 15.9 Å². The summed E-state index contributed by atoms with van der Waals surface area (Å²) in [6.07, 6.45) is 1.19. The van der Waals surface area contributed by atoms with E-state index in [9.17, 15) is 13.2 Å². The molecule has 0 aliphatic carbocycles. The maximum absolute atomic E-state index is 13.3. The first-order valence-electron chi connectivity index (χ1n) is 10.6. The van der Waals surface area contributed by atoms with Gasteiger partial charge in [0, 0.05) is 33.3 Å². The van der Waals surface area contributed by atoms with Gasteiger partial charge in [-0.3, -0.25) is 4.98 Å². The molecule has 0 fully saturated rings. The molecule has 2 aromatic carbocycles. The molecule has 0 unspecified atom stereocenters. The van der Waals surface area contributed by atoms with E-state index in [1.807, 2.05) is 13.8 Å². The van der Waals surface area contributed by atoms with Gasteiger partial charge in [0.2, 0.25) is 10.0 Å². The Morgan fingerprint density at radius 2 is 1.82 bits per heavy atom. The summed E-state index contributed by atoms with van der Waals surface area (Å²) >= 11 is 3.43. The third-order valence-electron chi connectivity index (χ3n) is 4.50. The number of carbonyl (C=O) groups excluding carboxylic acids is 1. The summed E-state index contributed by atoms with van der Waals surface area (Å²) in [6.45, 7) is 9.03. The maximum atomic E-state index is 13.3. The van der Waals surface area contributed by atoms with Crippen molar-refractivity contribution in [1.29, 1.82) is 0 Å². The first-order valence-corrected chi connectivity index (χ1v) is 12.9. The highest BCUT2D eigenvalue weighted by Gasteiger charge is 2.27. The molecular weight excluding hydrogens is 522 g/mol. The zero-order valence-electron chi connectivity index (χ0n) is 19.9. The summed E-state index contributed by atoms with van der Waals surface area (Å²) in [5.41, 5.74) is 0.942. The lowest BCUT2D eigenvalue weighted by Crippen LogP contribution is -2.40. The Hall–Kier alpha value is -2.69. The number of hydrogen-bond acceptors (Lipinski definition) is 7. The van der Waals surface area contributed by atoms with Crippen LogP contribution in [0.3, 0.4) is 0 Å². The number of fused-ring (bicyclic) bond motifs is 1. The second-order valence-corrected chi connectivity index (χ2v) is 11.6. The van der Waals surface area contributed by atoms with Gasteiger partial charge >= 0.3 is 5.97 Å². The third kappa shape index (κ3) is 6.25. The van der Waals surface area contributed by atoms with Gasteiger partial charge in [-0.25, -0.2) is 17.9 Å². The van der Waals surface area contributed by atoms with Crippen LogP contribution in [0.2, 0.25) is 0 Å². The molecule has 0 aliphatic rings. The predicted octanol–water partition coefficient (Wildman–Crippen LogP) is 5.39. The number of benzene rings is 2. The van der Waals surface area contributed by atoms with Gasteiger partial charge in [0.25, 0.3) is 0 Å². The van der Waals surface area contributed by atoms with Crippen molar-refractivity contribution in [1.82, 2.24) is 9.71 Å². The molecular formula is C24H28BrN3O5S. The minimum atomic E-state index is -3.94. The molecule has 182 valence electrons. The highest BCUT2D eigenvalue weighted by molar-refractivity contribution is 9.10. The molecule has 0 aliphatic heterocycles. The fraction of sp³-hybridized carbons (Fsp3) is 0.333. The van der Waals surface area contributed by atoms with E-state index >= 15 is 0 Å². The SMILES string of the molecule is COC(=O)c1cc(Nc2c(S(=O)(=O)NC(C)(C)C)cnc3cc(Br)ccc23)cc(OC(C)C)c1. The molecule has 3 rings (SSSR count). The summed E-state index contributed by atoms with van der Waals surface area (Å²) in [7, 11) is -2.65. The molecule has 34 heavy (non-hydrogen) atoms. The standard InChI is InChI=1S/C24H28BrN3O5S/c1-14(2)33-18-10-15(23(29)32-6)9-17(12-18)27-22-19-8-7-16(25)11-20(19)26-13-21(22)34(30,31)28-24(3,4)5/h7-14,28H,1-6H3,(H,26,27). The number of methoxy groups -OCH3 is 1. The van der Waals surface area contributed by atoms with E-state index in [0.29, 0.717) is 28.0 Å². The molecule has 0 bridgehead atoms. The van der Waals surface area contributed by atoms with Crippen LogP contribution in [0.25, 0.3) is 10.9 Å². The van der Waals surface area contributed by atoms with Crippen LogP contribution in [0.15, 0.2) is 52.0 Å². The van der Waals surface area contributed by atoms with Crippen molar-refractivity contribution in [2.75, 3.05) is 12.4 Å². The molecule has 0 saturated carbocycles. The Kier molecular flexibility index (Phi) is 7.54. The molecule has 2 N–H and O–H groups in total. The number of pyridine rings is 1. The fourth-order valence-corrected chi connectivity index (χ4v) is 5.22. The van der Waals surface area contributed by atoms with E-state index in [0.717, 1.165) is 4.47 Å². The Bertz CT molecular complexity index is 1330. The number of rotatable bonds is 7. The van der Waals surface area contributed by atoms with Crippen molar-refractivity contribution in [3.8, 4) is 5.75 Å². The van der Waals surface area contributed by atoms with E-state index in [1.54, 1.807) is 57.2 Å². The Labute approximate surface area is 208 Å². The summed E-state index contributed by atoms with van der Waals surface area (Å²) in [5, 5.41) is 3.79. The van der Waals surface area contributed by atoms with E-state index < -0.39 is 21.5 Å². The van der Waals surface area contributed by atoms with Crippen LogP contribution in [0, 0.1) is 0 Å².